The maximum atomic E-state index is 13.7. The first kappa shape index (κ1) is 15.2. The molecule has 4 rings (SSSR count). The Morgan fingerprint density at radius 1 is 1.08 bits per heavy atom. The van der Waals surface area contributed by atoms with E-state index in [2.05, 4.69) is 20.2 Å². The van der Waals surface area contributed by atoms with E-state index in [1.807, 2.05) is 31.2 Å². The van der Waals surface area contributed by atoms with Crippen LogP contribution in [0.25, 0.3) is 22.3 Å². The Morgan fingerprint density at radius 2 is 1.92 bits per heavy atom. The topological polar surface area (TPSA) is 63.7 Å². The van der Waals surface area contributed by atoms with Gasteiger partial charge in [0, 0.05) is 17.8 Å². The summed E-state index contributed by atoms with van der Waals surface area (Å²) in [5.74, 6) is -1.66. The van der Waals surface area contributed by atoms with E-state index >= 15 is 0 Å². The number of hydrogen-bond acceptors (Lipinski definition) is 4. The number of halogens is 2. The summed E-state index contributed by atoms with van der Waals surface area (Å²) in [7, 11) is 0. The van der Waals surface area contributed by atoms with E-state index in [1.54, 1.807) is 6.20 Å². The molecule has 0 atom stereocenters. The number of H-pyrrole nitrogens is 1. The second-order valence-corrected chi connectivity index (χ2v) is 5.48. The van der Waals surface area contributed by atoms with Crippen LogP contribution in [0, 0.1) is 18.6 Å². The molecular weight excluding hydrogens is 326 g/mol. The molecule has 0 unspecified atom stereocenters. The highest BCUT2D eigenvalue weighted by atomic mass is 19.1. The smallest absolute Gasteiger partial charge is 0.324 e. The van der Waals surface area contributed by atoms with Crippen LogP contribution in [0.2, 0.25) is 0 Å². The summed E-state index contributed by atoms with van der Waals surface area (Å²) in [4.78, 5) is 8.30. The van der Waals surface area contributed by atoms with Crippen molar-refractivity contribution in [2.24, 2.45) is 0 Å². The number of ether oxygens (including phenoxy) is 1. The molecule has 0 saturated heterocycles. The number of nitrogens with zero attached hydrogens (tertiary/aromatic N) is 3. The molecule has 1 N–H and O–H groups in total. The van der Waals surface area contributed by atoms with Crippen molar-refractivity contribution in [2.45, 2.75) is 6.92 Å². The van der Waals surface area contributed by atoms with E-state index in [1.165, 1.54) is 6.07 Å². The average Bonchev–Trinajstić information content (AvgIpc) is 3.01. The van der Waals surface area contributed by atoms with Gasteiger partial charge in [-0.05, 0) is 24.6 Å². The van der Waals surface area contributed by atoms with Crippen LogP contribution in [0.3, 0.4) is 0 Å². The second kappa shape index (κ2) is 5.94. The number of hydrogen-bond donors (Lipinski definition) is 1. The summed E-state index contributed by atoms with van der Waals surface area (Å²) in [6.45, 7) is 1.99. The van der Waals surface area contributed by atoms with Crippen LogP contribution in [0.4, 0.5) is 8.78 Å². The zero-order valence-corrected chi connectivity index (χ0v) is 13.1. The Kier molecular flexibility index (Phi) is 3.61. The van der Waals surface area contributed by atoms with Gasteiger partial charge in [0.1, 0.15) is 11.5 Å². The minimum atomic E-state index is -0.825. The van der Waals surface area contributed by atoms with Gasteiger partial charge in [-0.25, -0.2) is 13.8 Å². The van der Waals surface area contributed by atoms with Gasteiger partial charge in [-0.3, -0.25) is 5.10 Å². The predicted octanol–water partition coefficient (Wildman–Crippen LogP) is 4.40. The van der Waals surface area contributed by atoms with Gasteiger partial charge < -0.3 is 4.74 Å². The Bertz CT molecular complexity index is 1080. The standard InChI is InChI=1S/C18H12F2N4O/c1-10-4-2-3-5-12(10)16-13-9-21-18(22-17(13)24-23-16)25-15-7-6-11(19)8-14(15)20/h2-9H,1H3,(H,21,22,23,24). The van der Waals surface area contributed by atoms with Crippen molar-refractivity contribution in [3.05, 3.63) is 65.9 Å². The highest BCUT2D eigenvalue weighted by Gasteiger charge is 2.14. The molecule has 124 valence electrons. The van der Waals surface area contributed by atoms with Gasteiger partial charge in [-0.15, -0.1) is 0 Å². The van der Waals surface area contributed by atoms with Crippen molar-refractivity contribution in [1.29, 1.82) is 0 Å². The normalized spacial score (nSPS) is 11.0. The number of fused-ring (bicyclic) bond motifs is 1. The number of benzene rings is 2. The molecule has 0 aliphatic carbocycles. The van der Waals surface area contributed by atoms with Crippen molar-refractivity contribution >= 4 is 11.0 Å². The molecule has 2 aromatic heterocycles. The lowest BCUT2D eigenvalue weighted by atomic mass is 10.0. The maximum Gasteiger partial charge on any atom is 0.324 e. The Morgan fingerprint density at radius 3 is 2.72 bits per heavy atom. The van der Waals surface area contributed by atoms with Crippen LogP contribution in [-0.2, 0) is 0 Å². The molecule has 7 heteroatoms. The van der Waals surface area contributed by atoms with Crippen molar-refractivity contribution < 1.29 is 13.5 Å². The van der Waals surface area contributed by atoms with Gasteiger partial charge in [0.15, 0.2) is 17.2 Å². The van der Waals surface area contributed by atoms with E-state index in [-0.39, 0.29) is 11.8 Å². The summed E-state index contributed by atoms with van der Waals surface area (Å²) >= 11 is 0. The highest BCUT2D eigenvalue weighted by molar-refractivity contribution is 5.91. The number of rotatable bonds is 3. The number of aryl methyl sites for hydroxylation is 1. The minimum Gasteiger partial charge on any atom is -0.421 e. The fraction of sp³-hybridized carbons (Fsp3) is 0.0556. The lowest BCUT2D eigenvalue weighted by Crippen LogP contribution is -1.94. The highest BCUT2D eigenvalue weighted by Crippen LogP contribution is 2.29. The molecule has 2 aromatic carbocycles. The molecule has 0 fully saturated rings. The van der Waals surface area contributed by atoms with Crippen molar-refractivity contribution in [2.75, 3.05) is 0 Å². The van der Waals surface area contributed by atoms with Crippen LogP contribution < -0.4 is 4.74 Å². The molecular formula is C18H12F2N4O. The van der Waals surface area contributed by atoms with E-state index in [0.29, 0.717) is 5.65 Å². The lowest BCUT2D eigenvalue weighted by molar-refractivity contribution is 0.409. The van der Waals surface area contributed by atoms with Crippen molar-refractivity contribution in [3.8, 4) is 23.0 Å². The Hall–Kier alpha value is -3.35. The SMILES string of the molecule is Cc1ccccc1-c1n[nH]c2nc(Oc3ccc(F)cc3F)ncc12. The average molecular weight is 338 g/mol. The molecule has 4 aromatic rings. The van der Waals surface area contributed by atoms with Gasteiger partial charge in [0.2, 0.25) is 0 Å². The van der Waals surface area contributed by atoms with E-state index in [9.17, 15) is 8.78 Å². The molecule has 0 saturated carbocycles. The third-order valence-electron chi connectivity index (χ3n) is 3.79. The molecule has 0 bridgehead atoms. The summed E-state index contributed by atoms with van der Waals surface area (Å²) in [6, 6.07) is 10.8. The van der Waals surface area contributed by atoms with Crippen LogP contribution >= 0.6 is 0 Å². The first-order valence-electron chi connectivity index (χ1n) is 7.52. The third kappa shape index (κ3) is 2.80. The Labute approximate surface area is 141 Å². The summed E-state index contributed by atoms with van der Waals surface area (Å²) < 4.78 is 31.9. The molecule has 0 aliphatic rings. The van der Waals surface area contributed by atoms with E-state index in [0.717, 1.165) is 34.3 Å². The molecule has 25 heavy (non-hydrogen) atoms. The number of aromatic amines is 1. The zero-order chi connectivity index (χ0) is 17.4. The van der Waals surface area contributed by atoms with Gasteiger partial charge >= 0.3 is 6.01 Å². The third-order valence-corrected chi connectivity index (χ3v) is 3.79. The first-order valence-corrected chi connectivity index (χ1v) is 7.52. The fourth-order valence-electron chi connectivity index (χ4n) is 2.54. The second-order valence-electron chi connectivity index (χ2n) is 5.48. The molecule has 2 heterocycles. The maximum absolute atomic E-state index is 13.7. The van der Waals surface area contributed by atoms with Gasteiger partial charge in [-0.2, -0.15) is 10.1 Å². The summed E-state index contributed by atoms with van der Waals surface area (Å²) in [6.07, 6.45) is 1.56. The van der Waals surface area contributed by atoms with Gasteiger partial charge in [-0.1, -0.05) is 24.3 Å². The van der Waals surface area contributed by atoms with E-state index in [4.69, 9.17) is 4.74 Å². The largest absolute Gasteiger partial charge is 0.421 e. The molecule has 0 aliphatic heterocycles. The monoisotopic (exact) mass is 338 g/mol. The predicted molar refractivity (Wildman–Crippen MR) is 88.3 cm³/mol. The summed E-state index contributed by atoms with van der Waals surface area (Å²) in [5.41, 5.74) is 3.23. The molecule has 0 radical (unpaired) electrons. The van der Waals surface area contributed by atoms with Gasteiger partial charge in [0.05, 0.1) is 5.39 Å². The van der Waals surface area contributed by atoms with Gasteiger partial charge in [0.25, 0.3) is 0 Å². The van der Waals surface area contributed by atoms with Crippen molar-refractivity contribution in [1.82, 2.24) is 20.2 Å². The molecule has 0 spiro atoms. The van der Waals surface area contributed by atoms with Crippen LogP contribution in [0.15, 0.2) is 48.7 Å². The van der Waals surface area contributed by atoms with Crippen molar-refractivity contribution in [3.63, 3.8) is 0 Å². The summed E-state index contributed by atoms with van der Waals surface area (Å²) in [5, 5.41) is 7.85. The lowest BCUT2D eigenvalue weighted by Gasteiger charge is -2.05. The van der Waals surface area contributed by atoms with Crippen LogP contribution in [-0.4, -0.2) is 20.2 Å². The number of nitrogens with one attached hydrogen (secondary N) is 1. The number of aromatic nitrogens is 4. The van der Waals surface area contributed by atoms with Crippen LogP contribution in [0.1, 0.15) is 5.56 Å². The quantitative estimate of drug-likeness (QED) is 0.601. The van der Waals surface area contributed by atoms with E-state index < -0.39 is 11.6 Å². The first-order chi connectivity index (χ1) is 12.1. The Balaban J connectivity index is 1.71. The molecule has 5 nitrogen and oxygen atoms in total. The fourth-order valence-corrected chi connectivity index (χ4v) is 2.54. The minimum absolute atomic E-state index is 0.0574. The van der Waals surface area contributed by atoms with Crippen LogP contribution in [0.5, 0.6) is 11.8 Å². The zero-order valence-electron chi connectivity index (χ0n) is 13.1. The molecule has 0 amide bonds.